The van der Waals surface area contributed by atoms with E-state index in [2.05, 4.69) is 16.7 Å². The van der Waals surface area contributed by atoms with E-state index >= 15 is 0 Å². The maximum Gasteiger partial charge on any atom is 0.327 e. The monoisotopic (exact) mass is 487 g/mol. The summed E-state index contributed by atoms with van der Waals surface area (Å²) in [5, 5.41) is 24.1. The van der Waals surface area contributed by atoms with Crippen LogP contribution >= 0.6 is 0 Å². The molecule has 2 aliphatic rings. The summed E-state index contributed by atoms with van der Waals surface area (Å²) >= 11 is 0. The molecule has 186 valence electrons. The quantitative estimate of drug-likeness (QED) is 0.484. The molecule has 3 N–H and O–H groups in total. The Balaban J connectivity index is 1.56. The number of nitrogens with one attached hydrogen (secondary N) is 2. The summed E-state index contributed by atoms with van der Waals surface area (Å²) in [6, 6.07) is 12.5. The molecule has 36 heavy (non-hydrogen) atoms. The lowest BCUT2D eigenvalue weighted by molar-refractivity contribution is -0.131. The van der Waals surface area contributed by atoms with E-state index in [1.165, 1.54) is 6.08 Å². The van der Waals surface area contributed by atoms with Crippen molar-refractivity contribution in [2.45, 2.75) is 51.0 Å². The van der Waals surface area contributed by atoms with Crippen LogP contribution in [0.25, 0.3) is 0 Å². The van der Waals surface area contributed by atoms with Crippen molar-refractivity contribution in [3.63, 3.8) is 0 Å². The highest BCUT2D eigenvalue weighted by Crippen LogP contribution is 2.61. The van der Waals surface area contributed by atoms with Gasteiger partial charge in [-0.3, -0.25) is 9.59 Å². The normalized spacial score (nSPS) is 20.6. The number of ether oxygens (including phenoxy) is 1. The molecular formula is C28H29N3O5. The fraction of sp³-hybridized carbons (Fsp3) is 0.357. The minimum Gasteiger partial charge on any atom is -0.493 e. The molecule has 2 amide bonds. The predicted molar refractivity (Wildman–Crippen MR) is 134 cm³/mol. The van der Waals surface area contributed by atoms with Gasteiger partial charge in [0.15, 0.2) is 0 Å². The van der Waals surface area contributed by atoms with Gasteiger partial charge in [0.05, 0.1) is 18.2 Å². The van der Waals surface area contributed by atoms with Crippen LogP contribution in [0, 0.1) is 17.2 Å². The van der Waals surface area contributed by atoms with Crippen molar-refractivity contribution in [3.8, 4) is 11.8 Å². The first-order valence-corrected chi connectivity index (χ1v) is 12.1. The number of nitriles is 1. The van der Waals surface area contributed by atoms with E-state index in [0.29, 0.717) is 54.0 Å². The Morgan fingerprint density at radius 2 is 2.08 bits per heavy atom. The zero-order chi connectivity index (χ0) is 25.9. The highest BCUT2D eigenvalue weighted by Gasteiger charge is 2.61. The number of rotatable bonds is 8. The van der Waals surface area contributed by atoms with Crippen LogP contribution in [-0.4, -0.2) is 35.5 Å². The number of anilines is 1. The molecule has 1 fully saturated rings. The average molecular weight is 488 g/mol. The minimum absolute atomic E-state index is 0.0573. The lowest BCUT2D eigenvalue weighted by Crippen LogP contribution is -2.32. The molecule has 2 aromatic rings. The number of carbonyl (C=O) groups excluding carboxylic acids is 2. The molecule has 2 aromatic carbocycles. The molecule has 0 saturated heterocycles. The number of allylic oxidation sites excluding steroid dienone is 1. The Labute approximate surface area is 210 Å². The van der Waals surface area contributed by atoms with Gasteiger partial charge >= 0.3 is 5.97 Å². The molecule has 1 aliphatic carbocycles. The third kappa shape index (κ3) is 5.10. The van der Waals surface area contributed by atoms with Crippen LogP contribution in [0.5, 0.6) is 5.75 Å². The van der Waals surface area contributed by atoms with Crippen LogP contribution in [-0.2, 0) is 21.4 Å². The number of carboxylic acid groups (broad SMARTS) is 1. The first-order chi connectivity index (χ1) is 17.3. The Morgan fingerprint density at radius 1 is 1.28 bits per heavy atom. The zero-order valence-electron chi connectivity index (χ0n) is 20.3. The van der Waals surface area contributed by atoms with Gasteiger partial charge < -0.3 is 20.5 Å². The van der Waals surface area contributed by atoms with Crippen molar-refractivity contribution >= 4 is 23.5 Å². The van der Waals surface area contributed by atoms with Crippen molar-refractivity contribution in [2.24, 2.45) is 5.92 Å². The van der Waals surface area contributed by atoms with Crippen molar-refractivity contribution in [2.75, 3.05) is 11.9 Å². The van der Waals surface area contributed by atoms with Crippen LogP contribution in [0.3, 0.4) is 0 Å². The lowest BCUT2D eigenvalue weighted by atomic mass is 9.86. The van der Waals surface area contributed by atoms with E-state index < -0.39 is 11.4 Å². The Kier molecular flexibility index (Phi) is 7.11. The van der Waals surface area contributed by atoms with Gasteiger partial charge in [-0.25, -0.2) is 4.79 Å². The number of carbonyl (C=O) groups is 3. The van der Waals surface area contributed by atoms with E-state index in [9.17, 15) is 19.6 Å². The van der Waals surface area contributed by atoms with E-state index in [-0.39, 0.29) is 23.8 Å². The molecule has 0 bridgehead atoms. The predicted octanol–water partition coefficient (Wildman–Crippen LogP) is 3.95. The van der Waals surface area contributed by atoms with Gasteiger partial charge in [0.25, 0.3) is 5.91 Å². The van der Waals surface area contributed by atoms with Crippen LogP contribution < -0.4 is 15.4 Å². The number of benzene rings is 2. The van der Waals surface area contributed by atoms with Gasteiger partial charge in [0, 0.05) is 40.3 Å². The first-order valence-electron chi connectivity index (χ1n) is 12.1. The zero-order valence-corrected chi connectivity index (χ0v) is 20.3. The molecule has 8 nitrogen and oxygen atoms in total. The molecule has 0 radical (unpaired) electrons. The molecule has 1 saturated carbocycles. The van der Waals surface area contributed by atoms with Gasteiger partial charge in [-0.05, 0) is 68.5 Å². The van der Waals surface area contributed by atoms with Crippen LogP contribution in [0.15, 0.2) is 48.6 Å². The third-order valence-electron chi connectivity index (χ3n) is 7.06. The van der Waals surface area contributed by atoms with Crippen LogP contribution in [0.4, 0.5) is 5.69 Å². The number of fused-ring (bicyclic) bond motifs is 2. The van der Waals surface area contributed by atoms with Crippen molar-refractivity contribution in [3.05, 3.63) is 70.8 Å². The van der Waals surface area contributed by atoms with Gasteiger partial charge in [0.2, 0.25) is 5.91 Å². The number of hydrogen-bond donors (Lipinski definition) is 3. The first kappa shape index (κ1) is 25.0. The Morgan fingerprint density at radius 3 is 2.81 bits per heavy atom. The van der Waals surface area contributed by atoms with Crippen LogP contribution in [0.2, 0.25) is 0 Å². The number of nitrogens with zero attached hydrogens (tertiary/aromatic N) is 1. The van der Waals surface area contributed by atoms with Gasteiger partial charge in [-0.1, -0.05) is 19.1 Å². The van der Waals surface area contributed by atoms with Gasteiger partial charge in [-0.2, -0.15) is 5.26 Å². The molecule has 4 rings (SSSR count). The summed E-state index contributed by atoms with van der Waals surface area (Å²) in [5.74, 6) is -0.980. The standard InChI is InChI=1S/C28H29N3O5/c1-3-17(2)30-26(34)20-9-10-24-21(14-20)28(11-12-36-24)15-22(28)27(35)31-23-13-18(16-29)7-8-19(23)5-4-6-25(32)33/h4,6-10,13-14,17,22H,3,5,11-12,15H2,1-2H3,(H,30,34)(H,31,35)(H,32,33)/t17-,22-,28-/m0/s1. The highest BCUT2D eigenvalue weighted by atomic mass is 16.5. The van der Waals surface area contributed by atoms with E-state index in [1.807, 2.05) is 19.9 Å². The summed E-state index contributed by atoms with van der Waals surface area (Å²) in [4.78, 5) is 36.9. The maximum absolute atomic E-state index is 13.4. The second-order valence-electron chi connectivity index (χ2n) is 9.42. The van der Waals surface area contributed by atoms with E-state index in [1.54, 1.807) is 30.3 Å². The van der Waals surface area contributed by atoms with E-state index in [0.717, 1.165) is 18.1 Å². The maximum atomic E-state index is 13.4. The highest BCUT2D eigenvalue weighted by molar-refractivity contribution is 5.98. The SMILES string of the molecule is CC[C@H](C)NC(=O)c1ccc2c(c1)[C@]1(CCO2)C[C@H]1C(=O)Nc1cc(C#N)ccc1CC=CC(=O)O. The number of amides is 2. The second kappa shape index (κ2) is 10.2. The summed E-state index contributed by atoms with van der Waals surface area (Å²) < 4.78 is 5.84. The number of aliphatic carboxylic acids is 1. The van der Waals surface area contributed by atoms with Crippen molar-refractivity contribution in [1.82, 2.24) is 5.32 Å². The number of carboxylic acids is 1. The minimum atomic E-state index is -1.05. The third-order valence-corrected chi connectivity index (χ3v) is 7.06. The summed E-state index contributed by atoms with van der Waals surface area (Å²) in [6.45, 7) is 4.45. The summed E-state index contributed by atoms with van der Waals surface area (Å²) in [6.07, 6.45) is 4.98. The largest absolute Gasteiger partial charge is 0.493 e. The van der Waals surface area contributed by atoms with Crippen molar-refractivity contribution in [1.29, 1.82) is 5.26 Å². The topological polar surface area (TPSA) is 129 Å². The Bertz CT molecular complexity index is 1280. The van der Waals surface area contributed by atoms with Crippen LogP contribution in [0.1, 0.15) is 60.2 Å². The summed E-state index contributed by atoms with van der Waals surface area (Å²) in [5.41, 5.74) is 2.62. The summed E-state index contributed by atoms with van der Waals surface area (Å²) in [7, 11) is 0. The number of hydrogen-bond acceptors (Lipinski definition) is 5. The molecule has 1 heterocycles. The second-order valence-corrected chi connectivity index (χ2v) is 9.42. The van der Waals surface area contributed by atoms with E-state index in [4.69, 9.17) is 9.84 Å². The molecular weight excluding hydrogens is 458 g/mol. The molecule has 8 heteroatoms. The fourth-order valence-electron chi connectivity index (χ4n) is 4.74. The molecule has 0 unspecified atom stereocenters. The Hall–Kier alpha value is -4.12. The average Bonchev–Trinajstić information content (AvgIpc) is 3.59. The van der Waals surface area contributed by atoms with Gasteiger partial charge in [-0.15, -0.1) is 0 Å². The molecule has 0 aromatic heterocycles. The van der Waals surface area contributed by atoms with Crippen molar-refractivity contribution < 1.29 is 24.2 Å². The fourth-order valence-corrected chi connectivity index (χ4v) is 4.74. The molecule has 1 spiro atoms. The molecule has 1 aliphatic heterocycles. The van der Waals surface area contributed by atoms with Gasteiger partial charge in [0.1, 0.15) is 5.75 Å². The molecule has 3 atom stereocenters. The lowest BCUT2D eigenvalue weighted by Gasteiger charge is -2.27. The smallest absolute Gasteiger partial charge is 0.327 e.